The zero-order chi connectivity index (χ0) is 15.2. The van der Waals surface area contributed by atoms with Crippen molar-refractivity contribution in [3.63, 3.8) is 0 Å². The number of carboxylic acid groups (broad SMARTS) is 1. The zero-order valence-corrected chi connectivity index (χ0v) is 12.8. The lowest BCUT2D eigenvalue weighted by atomic mass is 10.1. The molecule has 0 spiro atoms. The first kappa shape index (κ1) is 16.1. The Morgan fingerprint density at radius 3 is 2.48 bits per heavy atom. The number of nitrogens with one attached hydrogen (secondary N) is 2. The Morgan fingerprint density at radius 2 is 1.90 bits per heavy atom. The van der Waals surface area contributed by atoms with E-state index in [9.17, 15) is 9.59 Å². The predicted octanol–water partition coefficient (Wildman–Crippen LogP) is 1.41. The minimum atomic E-state index is -0.853. The molecule has 1 saturated carbocycles. The second kappa shape index (κ2) is 7.64. The molecule has 0 aromatic rings. The Morgan fingerprint density at radius 1 is 1.24 bits per heavy atom. The Hall–Kier alpha value is -1.30. The lowest BCUT2D eigenvalue weighted by Crippen LogP contribution is -2.49. The second-order valence-corrected chi connectivity index (χ2v) is 6.34. The van der Waals surface area contributed by atoms with Gasteiger partial charge < -0.3 is 15.7 Å². The van der Waals surface area contributed by atoms with Gasteiger partial charge in [-0.25, -0.2) is 4.79 Å². The molecule has 21 heavy (non-hydrogen) atoms. The highest BCUT2D eigenvalue weighted by molar-refractivity contribution is 5.75. The summed E-state index contributed by atoms with van der Waals surface area (Å²) in [4.78, 5) is 25.1. The van der Waals surface area contributed by atoms with Crippen molar-refractivity contribution in [2.45, 2.75) is 57.5 Å². The fourth-order valence-corrected chi connectivity index (χ4v) is 2.97. The number of amides is 2. The molecule has 6 heteroatoms. The molecular formula is C15H27N3O3. The molecule has 2 unspecified atom stereocenters. The minimum absolute atomic E-state index is 0.0137. The van der Waals surface area contributed by atoms with Crippen molar-refractivity contribution in [3.05, 3.63) is 0 Å². The normalized spacial score (nSPS) is 22.3. The van der Waals surface area contributed by atoms with Gasteiger partial charge >= 0.3 is 12.0 Å². The van der Waals surface area contributed by atoms with Gasteiger partial charge in [0.2, 0.25) is 0 Å². The highest BCUT2D eigenvalue weighted by Crippen LogP contribution is 2.33. The summed E-state index contributed by atoms with van der Waals surface area (Å²) < 4.78 is 0. The van der Waals surface area contributed by atoms with E-state index in [0.29, 0.717) is 18.5 Å². The highest BCUT2D eigenvalue weighted by Gasteiger charge is 2.33. The fraction of sp³-hybridized carbons (Fsp3) is 0.867. The van der Waals surface area contributed by atoms with E-state index in [1.165, 1.54) is 19.3 Å². The van der Waals surface area contributed by atoms with Gasteiger partial charge in [-0.2, -0.15) is 0 Å². The molecule has 2 atom stereocenters. The van der Waals surface area contributed by atoms with Crippen LogP contribution in [-0.2, 0) is 4.79 Å². The van der Waals surface area contributed by atoms with Crippen molar-refractivity contribution in [2.24, 2.45) is 5.92 Å². The lowest BCUT2D eigenvalue weighted by Gasteiger charge is -2.32. The third-order valence-electron chi connectivity index (χ3n) is 4.47. The van der Waals surface area contributed by atoms with Crippen molar-refractivity contribution in [1.82, 2.24) is 15.5 Å². The highest BCUT2D eigenvalue weighted by atomic mass is 16.4. The molecule has 0 bridgehead atoms. The van der Waals surface area contributed by atoms with Crippen LogP contribution < -0.4 is 10.6 Å². The van der Waals surface area contributed by atoms with Crippen LogP contribution in [-0.4, -0.2) is 53.7 Å². The standard InChI is InChI=1S/C15H27N3O3/c1-11(18-7-3-2-4-8-18)10-16-15(21)17-13(9-14(19)20)12-5-6-12/h11-13H,2-10H2,1H3,(H,19,20)(H2,16,17,21). The molecule has 2 amide bonds. The lowest BCUT2D eigenvalue weighted by molar-refractivity contribution is -0.137. The van der Waals surface area contributed by atoms with Crippen molar-refractivity contribution in [1.29, 1.82) is 0 Å². The van der Waals surface area contributed by atoms with Gasteiger partial charge in [-0.05, 0) is 51.6 Å². The van der Waals surface area contributed by atoms with Gasteiger partial charge in [0.25, 0.3) is 0 Å². The number of hydrogen-bond acceptors (Lipinski definition) is 3. The van der Waals surface area contributed by atoms with Gasteiger partial charge in [0.15, 0.2) is 0 Å². The van der Waals surface area contributed by atoms with E-state index in [1.54, 1.807) is 0 Å². The fourth-order valence-electron chi connectivity index (χ4n) is 2.97. The third kappa shape index (κ3) is 5.53. The van der Waals surface area contributed by atoms with Crippen LogP contribution in [0.25, 0.3) is 0 Å². The van der Waals surface area contributed by atoms with Crippen LogP contribution in [0.5, 0.6) is 0 Å². The first-order valence-electron chi connectivity index (χ1n) is 8.06. The topological polar surface area (TPSA) is 81.7 Å². The van der Waals surface area contributed by atoms with Crippen LogP contribution >= 0.6 is 0 Å². The average molecular weight is 297 g/mol. The number of nitrogens with zero attached hydrogens (tertiary/aromatic N) is 1. The molecule has 3 N–H and O–H groups in total. The van der Waals surface area contributed by atoms with Crippen LogP contribution in [0.15, 0.2) is 0 Å². The van der Waals surface area contributed by atoms with Gasteiger partial charge in [-0.3, -0.25) is 9.69 Å². The molecule has 2 rings (SSSR count). The second-order valence-electron chi connectivity index (χ2n) is 6.34. The van der Waals surface area contributed by atoms with Crippen LogP contribution in [0.3, 0.4) is 0 Å². The molecule has 1 heterocycles. The van der Waals surface area contributed by atoms with E-state index in [0.717, 1.165) is 25.9 Å². The van der Waals surface area contributed by atoms with E-state index in [1.807, 2.05) is 0 Å². The zero-order valence-electron chi connectivity index (χ0n) is 12.8. The first-order valence-corrected chi connectivity index (χ1v) is 8.06. The summed E-state index contributed by atoms with van der Waals surface area (Å²) in [6.07, 6.45) is 5.82. The van der Waals surface area contributed by atoms with Crippen LogP contribution in [0.4, 0.5) is 4.79 Å². The van der Waals surface area contributed by atoms with E-state index in [2.05, 4.69) is 22.5 Å². The molecule has 0 radical (unpaired) electrons. The van der Waals surface area contributed by atoms with Crippen molar-refractivity contribution in [2.75, 3.05) is 19.6 Å². The number of aliphatic carboxylic acids is 1. The van der Waals surface area contributed by atoms with Crippen LogP contribution in [0.1, 0.15) is 45.4 Å². The number of hydrogen-bond donors (Lipinski definition) is 3. The molecule has 1 aliphatic carbocycles. The summed E-state index contributed by atoms with van der Waals surface area (Å²) >= 11 is 0. The molecule has 1 aliphatic heterocycles. The maximum absolute atomic E-state index is 11.9. The summed E-state index contributed by atoms with van der Waals surface area (Å²) in [6.45, 7) is 4.94. The predicted molar refractivity (Wildman–Crippen MR) is 80.2 cm³/mol. The molecule has 2 aliphatic rings. The number of piperidine rings is 1. The average Bonchev–Trinajstić information content (AvgIpc) is 3.29. The van der Waals surface area contributed by atoms with Gasteiger partial charge in [0.05, 0.1) is 6.42 Å². The number of carbonyl (C=O) groups is 2. The monoisotopic (exact) mass is 297 g/mol. The van der Waals surface area contributed by atoms with Gasteiger partial charge in [-0.15, -0.1) is 0 Å². The minimum Gasteiger partial charge on any atom is -0.481 e. The summed E-state index contributed by atoms with van der Waals surface area (Å²) in [7, 11) is 0. The SMILES string of the molecule is CC(CNC(=O)NC(CC(=O)O)C1CC1)N1CCCCC1. The molecule has 6 nitrogen and oxygen atoms in total. The van der Waals surface area contributed by atoms with E-state index in [-0.39, 0.29) is 18.5 Å². The number of urea groups is 1. The summed E-state index contributed by atoms with van der Waals surface area (Å²) in [5, 5.41) is 14.6. The molecule has 120 valence electrons. The van der Waals surface area contributed by atoms with Crippen LogP contribution in [0, 0.1) is 5.92 Å². The number of carboxylic acids is 1. The molecule has 2 fully saturated rings. The smallest absolute Gasteiger partial charge is 0.315 e. The number of rotatable bonds is 7. The number of carbonyl (C=O) groups excluding carboxylic acids is 1. The Bertz CT molecular complexity index is 365. The van der Waals surface area contributed by atoms with Crippen LogP contribution in [0.2, 0.25) is 0 Å². The quantitative estimate of drug-likeness (QED) is 0.663. The van der Waals surface area contributed by atoms with Crippen molar-refractivity contribution >= 4 is 12.0 Å². The third-order valence-corrected chi connectivity index (χ3v) is 4.47. The van der Waals surface area contributed by atoms with Crippen molar-refractivity contribution in [3.8, 4) is 0 Å². The number of likely N-dealkylation sites (tertiary alicyclic amines) is 1. The van der Waals surface area contributed by atoms with E-state index >= 15 is 0 Å². The first-order chi connectivity index (χ1) is 10.1. The van der Waals surface area contributed by atoms with Crippen molar-refractivity contribution < 1.29 is 14.7 Å². The Labute approximate surface area is 126 Å². The molecular weight excluding hydrogens is 270 g/mol. The summed E-state index contributed by atoms with van der Waals surface area (Å²) in [6, 6.07) is -0.139. The maximum Gasteiger partial charge on any atom is 0.315 e. The van der Waals surface area contributed by atoms with Gasteiger partial charge in [0, 0.05) is 18.6 Å². The Kier molecular flexibility index (Phi) is 5.85. The summed E-state index contributed by atoms with van der Waals surface area (Å²) in [5.41, 5.74) is 0. The summed E-state index contributed by atoms with van der Waals surface area (Å²) in [5.74, 6) is -0.514. The molecule has 0 aromatic carbocycles. The van der Waals surface area contributed by atoms with E-state index in [4.69, 9.17) is 5.11 Å². The van der Waals surface area contributed by atoms with Gasteiger partial charge in [0.1, 0.15) is 0 Å². The Balaban J connectivity index is 1.69. The van der Waals surface area contributed by atoms with Gasteiger partial charge in [-0.1, -0.05) is 6.42 Å². The largest absolute Gasteiger partial charge is 0.481 e. The van der Waals surface area contributed by atoms with E-state index < -0.39 is 5.97 Å². The maximum atomic E-state index is 11.9. The molecule has 1 saturated heterocycles. The molecule has 0 aromatic heterocycles.